The predicted octanol–water partition coefficient (Wildman–Crippen LogP) is 2.93. The van der Waals surface area contributed by atoms with Gasteiger partial charge in [0.15, 0.2) is 0 Å². The highest BCUT2D eigenvalue weighted by Crippen LogP contribution is 2.40. The van der Waals surface area contributed by atoms with Crippen LogP contribution >= 0.6 is 0 Å². The summed E-state index contributed by atoms with van der Waals surface area (Å²) in [5.41, 5.74) is -1.28. The van der Waals surface area contributed by atoms with Crippen molar-refractivity contribution in [1.29, 1.82) is 5.26 Å². The summed E-state index contributed by atoms with van der Waals surface area (Å²) in [6.45, 7) is 0.275. The summed E-state index contributed by atoms with van der Waals surface area (Å²) in [4.78, 5) is 1.58. The molecule has 1 fully saturated rings. The van der Waals surface area contributed by atoms with Crippen LogP contribution in [0.2, 0.25) is 0 Å². The Kier molecular flexibility index (Phi) is 4.19. The third-order valence-corrected chi connectivity index (χ3v) is 3.59. The zero-order chi connectivity index (χ0) is 14.8. The van der Waals surface area contributed by atoms with E-state index in [1.54, 1.807) is 11.0 Å². The first-order chi connectivity index (χ1) is 9.49. The first kappa shape index (κ1) is 14.7. The smallest absolute Gasteiger partial charge is 0.394 e. The Hall–Kier alpha value is -1.74. The fourth-order valence-electron chi connectivity index (χ4n) is 2.68. The number of aliphatic hydroxyl groups excluding tert-OH is 1. The third-order valence-electron chi connectivity index (χ3n) is 3.59. The maximum atomic E-state index is 13.2. The van der Waals surface area contributed by atoms with Gasteiger partial charge < -0.3 is 10.0 Å². The van der Waals surface area contributed by atoms with Gasteiger partial charge in [0.2, 0.25) is 0 Å². The van der Waals surface area contributed by atoms with Gasteiger partial charge in [0.25, 0.3) is 0 Å². The lowest BCUT2D eigenvalue weighted by Gasteiger charge is -2.38. The minimum atomic E-state index is -4.58. The molecule has 1 aliphatic heterocycles. The number of piperidine rings is 1. The Balaban J connectivity index is 2.53. The fraction of sp³-hybridized carbons (Fsp3) is 0.500. The van der Waals surface area contributed by atoms with Gasteiger partial charge in [-0.3, -0.25) is 0 Å². The number of hydrogen-bond donors (Lipinski definition) is 1. The van der Waals surface area contributed by atoms with Gasteiger partial charge in [-0.15, -0.1) is 0 Å². The van der Waals surface area contributed by atoms with Gasteiger partial charge in [-0.1, -0.05) is 6.07 Å². The maximum Gasteiger partial charge on any atom is 0.419 e. The summed E-state index contributed by atoms with van der Waals surface area (Å²) >= 11 is 0. The number of halogens is 3. The molecule has 1 heterocycles. The van der Waals surface area contributed by atoms with E-state index in [4.69, 9.17) is 5.26 Å². The van der Waals surface area contributed by atoms with Gasteiger partial charge in [-0.05, 0) is 31.4 Å². The predicted molar refractivity (Wildman–Crippen MR) is 68.2 cm³/mol. The molecule has 0 aromatic heterocycles. The van der Waals surface area contributed by atoms with Crippen molar-refractivity contribution in [2.75, 3.05) is 18.1 Å². The lowest BCUT2D eigenvalue weighted by atomic mass is 9.98. The highest BCUT2D eigenvalue weighted by Gasteiger charge is 2.39. The van der Waals surface area contributed by atoms with Crippen molar-refractivity contribution in [2.45, 2.75) is 31.5 Å². The molecule has 0 radical (unpaired) electrons. The molecule has 1 N–H and O–H groups in total. The van der Waals surface area contributed by atoms with E-state index in [9.17, 15) is 18.3 Å². The molecule has 0 amide bonds. The largest absolute Gasteiger partial charge is 0.419 e. The van der Waals surface area contributed by atoms with Crippen LogP contribution in [0, 0.1) is 11.3 Å². The summed E-state index contributed by atoms with van der Waals surface area (Å²) in [6.07, 6.45) is -2.25. The van der Waals surface area contributed by atoms with E-state index in [0.29, 0.717) is 13.0 Å². The molecule has 1 aliphatic rings. The highest BCUT2D eigenvalue weighted by molar-refractivity contribution is 5.62. The molecule has 0 aliphatic carbocycles. The Morgan fingerprint density at radius 3 is 2.70 bits per heavy atom. The minimum absolute atomic E-state index is 0.00435. The van der Waals surface area contributed by atoms with E-state index in [1.165, 1.54) is 18.2 Å². The first-order valence-corrected chi connectivity index (χ1v) is 6.47. The van der Waals surface area contributed by atoms with E-state index in [0.717, 1.165) is 12.8 Å². The van der Waals surface area contributed by atoms with Crippen LogP contribution in [0.25, 0.3) is 0 Å². The van der Waals surface area contributed by atoms with Crippen LogP contribution in [-0.4, -0.2) is 24.3 Å². The molecule has 0 saturated carbocycles. The van der Waals surface area contributed by atoms with Gasteiger partial charge >= 0.3 is 6.18 Å². The standard InChI is InChI=1S/C14H15F3N2O/c15-14(16,17)13-10(8-18)4-3-6-12(13)19-7-2-1-5-11(19)9-20/h3-4,6,11,20H,1-2,5,7,9H2/t11-/m1/s1. The maximum absolute atomic E-state index is 13.2. The second-order valence-corrected chi connectivity index (χ2v) is 4.83. The lowest BCUT2D eigenvalue weighted by Crippen LogP contribution is -2.43. The molecule has 2 rings (SSSR count). The highest BCUT2D eigenvalue weighted by atomic mass is 19.4. The van der Waals surface area contributed by atoms with E-state index in [-0.39, 0.29) is 23.9 Å². The van der Waals surface area contributed by atoms with Crippen molar-refractivity contribution in [1.82, 2.24) is 0 Å². The molecule has 0 unspecified atom stereocenters. The van der Waals surface area contributed by atoms with E-state index in [1.807, 2.05) is 0 Å². The van der Waals surface area contributed by atoms with Crippen molar-refractivity contribution < 1.29 is 18.3 Å². The van der Waals surface area contributed by atoms with Crippen LogP contribution < -0.4 is 4.90 Å². The number of anilines is 1. The van der Waals surface area contributed by atoms with Gasteiger partial charge in [0.05, 0.1) is 35.5 Å². The second kappa shape index (κ2) is 5.71. The number of nitriles is 1. The molecule has 1 aromatic rings. The molecule has 108 valence electrons. The minimum Gasteiger partial charge on any atom is -0.394 e. The molecular formula is C14H15F3N2O. The SMILES string of the molecule is N#Cc1cccc(N2CCCC[C@@H]2CO)c1C(F)(F)F. The summed E-state index contributed by atoms with van der Waals surface area (Å²) in [5, 5.41) is 18.3. The van der Waals surface area contributed by atoms with Crippen LogP contribution in [0.1, 0.15) is 30.4 Å². The molecule has 1 aromatic carbocycles. The summed E-state index contributed by atoms with van der Waals surface area (Å²) < 4.78 is 39.7. The lowest BCUT2D eigenvalue weighted by molar-refractivity contribution is -0.137. The number of benzene rings is 1. The van der Waals surface area contributed by atoms with Crippen molar-refractivity contribution in [3.8, 4) is 6.07 Å². The third kappa shape index (κ3) is 2.73. The van der Waals surface area contributed by atoms with Crippen LogP contribution in [0.4, 0.5) is 18.9 Å². The summed E-state index contributed by atoms with van der Waals surface area (Å²) in [6, 6.07) is 5.28. The Labute approximate surface area is 115 Å². The van der Waals surface area contributed by atoms with E-state index >= 15 is 0 Å². The molecule has 1 saturated heterocycles. The number of hydrogen-bond acceptors (Lipinski definition) is 3. The molecule has 0 spiro atoms. The Morgan fingerprint density at radius 1 is 1.35 bits per heavy atom. The zero-order valence-electron chi connectivity index (χ0n) is 10.8. The molecule has 0 bridgehead atoms. The zero-order valence-corrected chi connectivity index (χ0v) is 10.8. The number of nitrogens with zero attached hydrogens (tertiary/aromatic N) is 2. The number of alkyl halides is 3. The average Bonchev–Trinajstić information content (AvgIpc) is 2.45. The fourth-order valence-corrected chi connectivity index (χ4v) is 2.68. The van der Waals surface area contributed by atoms with Crippen molar-refractivity contribution >= 4 is 5.69 Å². The van der Waals surface area contributed by atoms with E-state index < -0.39 is 11.7 Å². The summed E-state index contributed by atoms with van der Waals surface area (Å²) in [5.74, 6) is 0. The first-order valence-electron chi connectivity index (χ1n) is 6.47. The van der Waals surface area contributed by atoms with Crippen molar-refractivity contribution in [3.63, 3.8) is 0 Å². The average molecular weight is 284 g/mol. The van der Waals surface area contributed by atoms with E-state index in [2.05, 4.69) is 0 Å². The van der Waals surface area contributed by atoms with Gasteiger partial charge in [0.1, 0.15) is 0 Å². The number of rotatable bonds is 2. The van der Waals surface area contributed by atoms with Crippen LogP contribution in [0.5, 0.6) is 0 Å². The van der Waals surface area contributed by atoms with Crippen molar-refractivity contribution in [3.05, 3.63) is 29.3 Å². The van der Waals surface area contributed by atoms with Gasteiger partial charge in [-0.25, -0.2) is 0 Å². The number of aliphatic hydroxyl groups is 1. The quantitative estimate of drug-likeness (QED) is 0.908. The van der Waals surface area contributed by atoms with Crippen LogP contribution in [-0.2, 0) is 6.18 Å². The molecular weight excluding hydrogens is 269 g/mol. The Morgan fingerprint density at radius 2 is 2.10 bits per heavy atom. The molecule has 20 heavy (non-hydrogen) atoms. The van der Waals surface area contributed by atoms with Crippen LogP contribution in [0.3, 0.4) is 0 Å². The van der Waals surface area contributed by atoms with Gasteiger partial charge in [-0.2, -0.15) is 18.4 Å². The van der Waals surface area contributed by atoms with Gasteiger partial charge in [0, 0.05) is 6.54 Å². The monoisotopic (exact) mass is 284 g/mol. The Bertz CT molecular complexity index is 522. The molecule has 6 heteroatoms. The van der Waals surface area contributed by atoms with Crippen LogP contribution in [0.15, 0.2) is 18.2 Å². The van der Waals surface area contributed by atoms with Crippen molar-refractivity contribution in [2.24, 2.45) is 0 Å². The topological polar surface area (TPSA) is 47.3 Å². The molecule has 3 nitrogen and oxygen atoms in total. The molecule has 1 atom stereocenters. The summed E-state index contributed by atoms with van der Waals surface area (Å²) in [7, 11) is 0. The second-order valence-electron chi connectivity index (χ2n) is 4.83. The normalized spacial score (nSPS) is 19.8.